The topological polar surface area (TPSA) is 253 Å². The van der Waals surface area contributed by atoms with Crippen molar-refractivity contribution in [1.29, 1.82) is 0 Å². The van der Waals surface area contributed by atoms with E-state index in [1.54, 1.807) is 0 Å². The lowest BCUT2D eigenvalue weighted by Gasteiger charge is -1.73. The van der Waals surface area contributed by atoms with Crippen LogP contribution in [0.25, 0.3) is 0 Å². The van der Waals surface area contributed by atoms with E-state index in [0.29, 0.717) is 0 Å². The van der Waals surface area contributed by atoms with Crippen molar-refractivity contribution in [3.05, 3.63) is 0 Å². The highest BCUT2D eigenvalue weighted by Crippen LogP contribution is 1.45. The first-order chi connectivity index (χ1) is 9.08. The Balaban J connectivity index is -0.0000000533. The number of carboxylic acid groups (broad SMARTS) is 4. The zero-order valence-corrected chi connectivity index (χ0v) is 13.3. The summed E-state index contributed by atoms with van der Waals surface area (Å²) in [6, 6.07) is 0. The Morgan fingerprint density at radius 1 is 0.524 bits per heavy atom. The van der Waals surface area contributed by atoms with E-state index in [2.05, 4.69) is 22.9 Å². The van der Waals surface area contributed by atoms with Gasteiger partial charge in [0.05, 0.1) is 26.2 Å². The molecule has 0 spiro atoms. The quantitative estimate of drug-likeness (QED) is 0.205. The number of halogens is 1. The zero-order chi connectivity index (χ0) is 17.1. The van der Waals surface area contributed by atoms with E-state index in [1.807, 2.05) is 0 Å². The number of carboxylic acids is 4. The maximum atomic E-state index is 9.24. The van der Waals surface area contributed by atoms with Crippen LogP contribution in [-0.2, 0) is 19.2 Å². The fourth-order valence-corrected chi connectivity index (χ4v) is 0. The minimum absolute atomic E-state index is 0. The van der Waals surface area contributed by atoms with Crippen LogP contribution < -0.4 is 22.9 Å². The summed E-state index contributed by atoms with van der Waals surface area (Å²) in [4.78, 5) is 37.0. The molecule has 0 aliphatic heterocycles. The molecule has 12 N–H and O–H groups in total. The molecule has 0 saturated heterocycles. The van der Waals surface area contributed by atoms with Gasteiger partial charge in [0.2, 0.25) is 0 Å². The molecule has 12 nitrogen and oxygen atoms in total. The maximum Gasteiger partial charge on any atom is 0.317 e. The molecule has 0 amide bonds. The smallest absolute Gasteiger partial charge is 0.317 e. The number of hydrogen-bond donors (Lipinski definition) is 8. The second-order valence-corrected chi connectivity index (χ2v) is 2.39. The largest absolute Gasteiger partial charge is 0.480 e. The van der Waals surface area contributed by atoms with Crippen molar-refractivity contribution in [3.63, 3.8) is 0 Å². The van der Waals surface area contributed by atoms with E-state index in [4.69, 9.17) is 20.4 Å². The molecule has 0 bridgehead atoms. The molecule has 0 aliphatic carbocycles. The molecule has 0 rings (SSSR count). The average molecular weight is 428 g/mol. The predicted octanol–water partition coefficient (Wildman–Crippen LogP) is -3.26. The van der Waals surface area contributed by atoms with Crippen LogP contribution in [-0.4, -0.2) is 70.5 Å². The van der Waals surface area contributed by atoms with Crippen LogP contribution in [0.5, 0.6) is 0 Å². The van der Waals surface area contributed by atoms with Crippen molar-refractivity contribution in [3.8, 4) is 0 Å². The van der Waals surface area contributed by atoms with Gasteiger partial charge in [0.15, 0.2) is 0 Å². The molecule has 0 heterocycles. The molecule has 0 aromatic carbocycles. The Bertz CT molecular complexity index is 233. The second-order valence-electron chi connectivity index (χ2n) is 2.39. The molecule has 0 fully saturated rings. The van der Waals surface area contributed by atoms with Gasteiger partial charge < -0.3 is 43.4 Å². The molecule has 0 saturated carbocycles. The average Bonchev–Trinajstić information content (AvgIpc) is 2.40. The summed E-state index contributed by atoms with van der Waals surface area (Å²) >= 11 is 0. The van der Waals surface area contributed by atoms with Gasteiger partial charge >= 0.3 is 23.9 Å². The standard InChI is InChI=1S/4C2H5NO2.HI/c4*3-1-2(4)5;/h4*1,3H2,(H,4,5);1H. The molecule has 0 unspecified atom stereocenters. The lowest BCUT2D eigenvalue weighted by Crippen LogP contribution is -2.10. The van der Waals surface area contributed by atoms with Crippen molar-refractivity contribution < 1.29 is 39.6 Å². The van der Waals surface area contributed by atoms with Crippen molar-refractivity contribution in [2.24, 2.45) is 22.9 Å². The van der Waals surface area contributed by atoms with Crippen molar-refractivity contribution >= 4 is 47.9 Å². The minimum Gasteiger partial charge on any atom is -0.480 e. The van der Waals surface area contributed by atoms with Gasteiger partial charge in [-0.2, -0.15) is 0 Å². The third kappa shape index (κ3) is 120. The molecule has 0 aromatic rings. The summed E-state index contributed by atoms with van der Waals surface area (Å²) in [5.41, 5.74) is 18.3. The minimum atomic E-state index is -0.968. The first-order valence-electron chi connectivity index (χ1n) is 4.76. The van der Waals surface area contributed by atoms with Crippen LogP contribution in [0, 0.1) is 0 Å². The van der Waals surface area contributed by atoms with Crippen LogP contribution in [0.2, 0.25) is 0 Å². The van der Waals surface area contributed by atoms with Gasteiger partial charge in [0.25, 0.3) is 0 Å². The number of carbonyl (C=O) groups is 4. The SMILES string of the molecule is I.NCC(=O)O.NCC(=O)O.NCC(=O)O.NCC(=O)O. The molecule has 128 valence electrons. The van der Waals surface area contributed by atoms with E-state index in [9.17, 15) is 19.2 Å². The molecule has 0 atom stereocenters. The summed E-state index contributed by atoms with van der Waals surface area (Å²) in [6.07, 6.45) is 0. The highest BCUT2D eigenvalue weighted by atomic mass is 127. The second kappa shape index (κ2) is 26.9. The normalized spacial score (nSPS) is 7.05. The third-order valence-corrected chi connectivity index (χ3v) is 0.698. The van der Waals surface area contributed by atoms with Crippen LogP contribution in [0.1, 0.15) is 0 Å². The first kappa shape index (κ1) is 31.7. The summed E-state index contributed by atoms with van der Waals surface area (Å²) in [7, 11) is 0. The van der Waals surface area contributed by atoms with Gasteiger partial charge in [-0.25, -0.2) is 0 Å². The molecule has 0 aromatic heterocycles. The molecule has 13 heteroatoms. The van der Waals surface area contributed by atoms with Crippen molar-refractivity contribution in [1.82, 2.24) is 0 Å². The molecular formula is C8H21IN4O8. The van der Waals surface area contributed by atoms with Crippen molar-refractivity contribution in [2.75, 3.05) is 26.2 Å². The number of rotatable bonds is 4. The Kier molecular flexibility index (Phi) is 40.6. The Morgan fingerprint density at radius 3 is 0.571 bits per heavy atom. The van der Waals surface area contributed by atoms with Crippen LogP contribution in [0.3, 0.4) is 0 Å². The maximum absolute atomic E-state index is 9.24. The Morgan fingerprint density at radius 2 is 0.571 bits per heavy atom. The zero-order valence-electron chi connectivity index (χ0n) is 11.0. The van der Waals surface area contributed by atoms with E-state index in [1.165, 1.54) is 0 Å². The molecular weight excluding hydrogens is 407 g/mol. The third-order valence-electron chi connectivity index (χ3n) is 0.698. The summed E-state index contributed by atoms with van der Waals surface area (Å²) in [5.74, 6) is -3.87. The summed E-state index contributed by atoms with van der Waals surface area (Å²) in [6.45, 7) is -1.11. The fourth-order valence-electron chi connectivity index (χ4n) is 0. The van der Waals surface area contributed by atoms with E-state index in [-0.39, 0.29) is 50.2 Å². The van der Waals surface area contributed by atoms with E-state index < -0.39 is 23.9 Å². The monoisotopic (exact) mass is 428 g/mol. The number of aliphatic carboxylic acids is 4. The summed E-state index contributed by atoms with van der Waals surface area (Å²) < 4.78 is 0. The number of nitrogens with two attached hydrogens (primary N) is 4. The lowest BCUT2D eigenvalue weighted by molar-refractivity contribution is -0.136. The van der Waals surface area contributed by atoms with Gasteiger partial charge in [-0.15, -0.1) is 24.0 Å². The van der Waals surface area contributed by atoms with Crippen molar-refractivity contribution in [2.45, 2.75) is 0 Å². The van der Waals surface area contributed by atoms with Crippen LogP contribution in [0.4, 0.5) is 0 Å². The van der Waals surface area contributed by atoms with Gasteiger partial charge in [-0.3, -0.25) is 19.2 Å². The summed E-state index contributed by atoms with van der Waals surface area (Å²) in [5, 5.41) is 30.4. The highest BCUT2D eigenvalue weighted by Gasteiger charge is 1.82. The Hall–Kier alpha value is -1.55. The molecule has 0 aliphatic rings. The van der Waals surface area contributed by atoms with Gasteiger partial charge in [-0.05, 0) is 0 Å². The van der Waals surface area contributed by atoms with Gasteiger partial charge in [0.1, 0.15) is 0 Å². The van der Waals surface area contributed by atoms with E-state index in [0.717, 1.165) is 0 Å². The Labute approximate surface area is 137 Å². The first-order valence-corrected chi connectivity index (χ1v) is 4.76. The van der Waals surface area contributed by atoms with E-state index >= 15 is 0 Å². The fraction of sp³-hybridized carbons (Fsp3) is 0.500. The van der Waals surface area contributed by atoms with Crippen LogP contribution in [0.15, 0.2) is 0 Å². The molecule has 21 heavy (non-hydrogen) atoms. The lowest BCUT2D eigenvalue weighted by atomic mass is 10.7. The van der Waals surface area contributed by atoms with Gasteiger partial charge in [-0.1, -0.05) is 0 Å². The van der Waals surface area contributed by atoms with Crippen LogP contribution >= 0.6 is 24.0 Å². The highest BCUT2D eigenvalue weighted by molar-refractivity contribution is 14.0. The number of hydrogen-bond acceptors (Lipinski definition) is 8. The van der Waals surface area contributed by atoms with Gasteiger partial charge in [0, 0.05) is 0 Å². The molecule has 0 radical (unpaired) electrons. The predicted molar refractivity (Wildman–Crippen MR) is 82.2 cm³/mol.